The first kappa shape index (κ1) is 40.6. The summed E-state index contributed by atoms with van der Waals surface area (Å²) < 4.78 is 20.4. The lowest BCUT2D eigenvalue weighted by molar-refractivity contribution is 0.0872. The van der Waals surface area contributed by atoms with Crippen LogP contribution in [0.15, 0.2) is 79.0 Å². The van der Waals surface area contributed by atoms with Gasteiger partial charge in [0.15, 0.2) is 11.4 Å². The van der Waals surface area contributed by atoms with E-state index in [0.717, 1.165) is 54.9 Å². The van der Waals surface area contributed by atoms with Crippen LogP contribution in [-0.4, -0.2) is 54.4 Å². The normalized spacial score (nSPS) is 16.7. The fourth-order valence-corrected chi connectivity index (χ4v) is 7.81. The summed E-state index contributed by atoms with van der Waals surface area (Å²) in [6, 6.07) is 18.3. The predicted molar refractivity (Wildman–Crippen MR) is 223 cm³/mol. The Kier molecular flexibility index (Phi) is 11.7. The lowest BCUT2D eigenvalue weighted by atomic mass is 9.76. The van der Waals surface area contributed by atoms with E-state index in [1.165, 1.54) is 17.3 Å². The molecule has 0 saturated carbocycles. The maximum absolute atomic E-state index is 14.2. The average molecular weight is 762 g/mol. The van der Waals surface area contributed by atoms with E-state index < -0.39 is 11.8 Å². The number of nitrogens with zero attached hydrogens (tertiary/aromatic N) is 4. The number of imidazole rings is 1. The minimum absolute atomic E-state index is 0.0222. The zero-order chi connectivity index (χ0) is 40.4. The third-order valence-corrected chi connectivity index (χ3v) is 12.0. The first-order valence-electron chi connectivity index (χ1n) is 20.1. The summed E-state index contributed by atoms with van der Waals surface area (Å²) in [5.74, 6) is 1.07. The van der Waals surface area contributed by atoms with E-state index in [1.54, 1.807) is 23.4 Å². The van der Waals surface area contributed by atoms with Gasteiger partial charge >= 0.3 is 6.09 Å². The van der Waals surface area contributed by atoms with E-state index in [0.29, 0.717) is 30.0 Å². The molecule has 1 amide bonds. The fourth-order valence-electron chi connectivity index (χ4n) is 7.81. The maximum Gasteiger partial charge on any atom is 0.423 e. The second-order valence-corrected chi connectivity index (χ2v) is 16.2. The summed E-state index contributed by atoms with van der Waals surface area (Å²) in [6.07, 6.45) is 7.12. The van der Waals surface area contributed by atoms with Gasteiger partial charge in [0.1, 0.15) is 18.8 Å². The molecule has 3 aromatic carbocycles. The van der Waals surface area contributed by atoms with Crippen LogP contribution in [0, 0.1) is 13.8 Å². The predicted octanol–water partition coefficient (Wildman–Crippen LogP) is 9.55. The Morgan fingerprint density at radius 3 is 2.34 bits per heavy atom. The number of carbonyl (C=O) groups is 2. The zero-order valence-corrected chi connectivity index (χ0v) is 34.9. The molecule has 6 rings (SSSR count). The van der Waals surface area contributed by atoms with Gasteiger partial charge in [-0.3, -0.25) is 14.7 Å². The van der Waals surface area contributed by atoms with Gasteiger partial charge in [-0.2, -0.15) is 0 Å². The molecular weight excluding hydrogens is 703 g/mol. The summed E-state index contributed by atoms with van der Waals surface area (Å²) in [5, 5.41) is 3.34. The minimum atomic E-state index is -1.34. The number of carbonyl (C=O) groups excluding carboxylic acids is 2. The highest BCUT2D eigenvalue weighted by atomic mass is 16.6. The van der Waals surface area contributed by atoms with E-state index in [-0.39, 0.29) is 35.0 Å². The van der Waals surface area contributed by atoms with E-state index in [1.807, 2.05) is 42.7 Å². The summed E-state index contributed by atoms with van der Waals surface area (Å²) in [7, 11) is 0. The van der Waals surface area contributed by atoms with Crippen molar-refractivity contribution in [3.05, 3.63) is 112 Å². The highest BCUT2D eigenvalue weighted by Crippen LogP contribution is 2.49. The van der Waals surface area contributed by atoms with Gasteiger partial charge in [-0.1, -0.05) is 71.9 Å². The van der Waals surface area contributed by atoms with Gasteiger partial charge in [-0.25, -0.2) is 14.7 Å². The molecule has 1 spiro atoms. The zero-order valence-electron chi connectivity index (χ0n) is 34.9. The molecule has 56 heavy (non-hydrogen) atoms. The molecule has 2 aliphatic rings. The third kappa shape index (κ3) is 7.31. The second-order valence-electron chi connectivity index (χ2n) is 16.2. The highest BCUT2D eigenvalue weighted by Gasteiger charge is 2.54. The standard InChI is InChI=1S/C46H59N5O5/c1-11-44(7,8)33-19-22-38(36(26-33)45(9,10)12-2)54-24-16-23-47-30-55-39-27-46(41-31(5)17-15-18-35(41)42(39)52)50-29-48-28-40(50)56-43(53)51(46)37-21-20-34(25-32(37)6)49(13-3)14-4/h15,17-22,25-29,47H,11-14,16,23-24,30H2,1-10H3. The van der Waals surface area contributed by atoms with Crippen molar-refractivity contribution in [2.75, 3.05) is 42.8 Å². The average Bonchev–Trinajstić information content (AvgIpc) is 3.66. The van der Waals surface area contributed by atoms with Crippen molar-refractivity contribution in [3.63, 3.8) is 0 Å². The smallest absolute Gasteiger partial charge is 0.423 e. The SMILES string of the molecule is CCN(CC)c1ccc(N2C(=O)Oc3cncn3C23C=C(OCNCCCOc2ccc(C(C)(C)CC)cc2C(C)(C)CC)C(=O)c2cccc(C)c23)c(C)c1. The first-order valence-corrected chi connectivity index (χ1v) is 20.1. The second kappa shape index (κ2) is 16.2. The van der Waals surface area contributed by atoms with E-state index in [2.05, 4.69) is 94.9 Å². The number of hydrogen-bond donors (Lipinski definition) is 1. The van der Waals surface area contributed by atoms with Crippen molar-refractivity contribution in [1.29, 1.82) is 0 Å². The summed E-state index contributed by atoms with van der Waals surface area (Å²) >= 11 is 0. The van der Waals surface area contributed by atoms with Crippen LogP contribution in [0.1, 0.15) is 113 Å². The fraction of sp³-hybridized carbons (Fsp3) is 0.457. The van der Waals surface area contributed by atoms with Gasteiger partial charge in [-0.05, 0) is 98.7 Å². The number of fused-ring (bicyclic) bond motifs is 4. The van der Waals surface area contributed by atoms with Crippen molar-refractivity contribution >= 4 is 23.3 Å². The van der Waals surface area contributed by atoms with Crippen LogP contribution in [-0.2, 0) is 21.2 Å². The van der Waals surface area contributed by atoms with Crippen LogP contribution in [0.3, 0.4) is 0 Å². The molecule has 1 N–H and O–H groups in total. The van der Waals surface area contributed by atoms with Crippen molar-refractivity contribution in [2.45, 2.75) is 105 Å². The molecule has 0 radical (unpaired) electrons. The molecular formula is C46H59N5O5. The Labute approximate surface area is 332 Å². The van der Waals surface area contributed by atoms with E-state index in [4.69, 9.17) is 14.2 Å². The summed E-state index contributed by atoms with van der Waals surface area (Å²) in [6.45, 7) is 24.7. The lowest BCUT2D eigenvalue weighted by Gasteiger charge is -2.48. The molecule has 2 heterocycles. The van der Waals surface area contributed by atoms with Gasteiger partial charge in [0.05, 0.1) is 18.5 Å². The van der Waals surface area contributed by atoms with Crippen molar-refractivity contribution in [1.82, 2.24) is 14.9 Å². The van der Waals surface area contributed by atoms with Gasteiger partial charge in [0, 0.05) is 48.1 Å². The van der Waals surface area contributed by atoms with E-state index >= 15 is 0 Å². The van der Waals surface area contributed by atoms with Crippen LogP contribution in [0.25, 0.3) is 0 Å². The number of rotatable bonds is 16. The monoisotopic (exact) mass is 761 g/mol. The van der Waals surface area contributed by atoms with Crippen LogP contribution in [0.2, 0.25) is 0 Å². The molecule has 4 aromatic rings. The largest absolute Gasteiger partial charge is 0.493 e. The Morgan fingerprint density at radius 2 is 1.64 bits per heavy atom. The summed E-state index contributed by atoms with van der Waals surface area (Å²) in [4.78, 5) is 36.7. The van der Waals surface area contributed by atoms with Gasteiger partial charge in [-0.15, -0.1) is 0 Å². The van der Waals surface area contributed by atoms with E-state index in [9.17, 15) is 9.59 Å². The number of Topliss-reactive ketones (excluding diaryl/α,β-unsaturated/α-hetero) is 1. The number of hydrogen-bond acceptors (Lipinski definition) is 8. The van der Waals surface area contributed by atoms with Crippen LogP contribution in [0.5, 0.6) is 11.6 Å². The lowest BCUT2D eigenvalue weighted by Crippen LogP contribution is -2.60. The van der Waals surface area contributed by atoms with Crippen LogP contribution < -0.4 is 24.6 Å². The summed E-state index contributed by atoms with van der Waals surface area (Å²) in [5.41, 5.74) is 5.84. The number of allylic oxidation sites excluding steroid dienone is 1. The van der Waals surface area contributed by atoms with Crippen molar-refractivity contribution in [2.24, 2.45) is 0 Å². The molecule has 1 aliphatic carbocycles. The number of nitrogens with one attached hydrogen (secondary N) is 1. The minimum Gasteiger partial charge on any atom is -0.493 e. The first-order chi connectivity index (χ1) is 26.7. The molecule has 1 atom stereocenters. The van der Waals surface area contributed by atoms with Crippen LogP contribution in [0.4, 0.5) is 16.2 Å². The topological polar surface area (TPSA) is 98.2 Å². The number of amides is 1. The maximum atomic E-state index is 14.2. The van der Waals surface area contributed by atoms with Gasteiger partial charge < -0.3 is 19.1 Å². The molecule has 10 heteroatoms. The Hall–Kier alpha value is -5.09. The number of benzene rings is 3. The van der Waals surface area contributed by atoms with Crippen LogP contribution >= 0.6 is 0 Å². The number of ether oxygens (including phenoxy) is 3. The molecule has 1 unspecified atom stereocenters. The number of anilines is 2. The molecule has 10 nitrogen and oxygen atoms in total. The van der Waals surface area contributed by atoms with Gasteiger partial charge in [0.25, 0.3) is 0 Å². The Morgan fingerprint density at radius 1 is 0.893 bits per heavy atom. The third-order valence-electron chi connectivity index (χ3n) is 12.0. The number of aryl methyl sites for hydroxylation is 2. The highest BCUT2D eigenvalue weighted by molar-refractivity contribution is 6.11. The Balaban J connectivity index is 1.25. The molecule has 1 aromatic heterocycles. The molecule has 298 valence electrons. The molecule has 1 aliphatic heterocycles. The molecule has 0 fully saturated rings. The quantitative estimate of drug-likeness (QED) is 0.0891. The van der Waals surface area contributed by atoms with Gasteiger partial charge in [0.2, 0.25) is 11.7 Å². The molecule has 0 bridgehead atoms. The molecule has 0 saturated heterocycles. The van der Waals surface area contributed by atoms with Crippen molar-refractivity contribution < 1.29 is 23.8 Å². The van der Waals surface area contributed by atoms with Crippen molar-refractivity contribution in [3.8, 4) is 11.6 Å². The number of aromatic nitrogens is 2. The Bertz CT molecular complexity index is 2110. The number of ketones is 1.